The summed E-state index contributed by atoms with van der Waals surface area (Å²) in [7, 11) is -3.52. The number of nitrogens with one attached hydrogen (secondary N) is 2. The summed E-state index contributed by atoms with van der Waals surface area (Å²) >= 11 is 0. The van der Waals surface area contributed by atoms with Crippen LogP contribution in [0.15, 0.2) is 53.6 Å². The number of hydrogen-bond acceptors (Lipinski definition) is 5. The molecular weight excluding hydrogens is 288 g/mol. The normalized spacial score (nSPS) is 11.3. The maximum Gasteiger partial charge on any atom is 0.242 e. The molecule has 0 radical (unpaired) electrons. The molecule has 0 amide bonds. The fourth-order valence-corrected chi connectivity index (χ4v) is 2.87. The first-order chi connectivity index (χ1) is 10.1. The van der Waals surface area contributed by atoms with Gasteiger partial charge in [-0.3, -0.25) is 0 Å². The van der Waals surface area contributed by atoms with Gasteiger partial charge in [-0.25, -0.2) is 24.0 Å². The van der Waals surface area contributed by atoms with Crippen LogP contribution in [0.25, 0.3) is 0 Å². The van der Waals surface area contributed by atoms with E-state index < -0.39 is 10.0 Å². The van der Waals surface area contributed by atoms with Crippen LogP contribution in [0.5, 0.6) is 0 Å². The van der Waals surface area contributed by atoms with Gasteiger partial charge in [0, 0.05) is 12.7 Å². The number of anilines is 1. The molecule has 1 aromatic carbocycles. The molecule has 7 heteroatoms. The van der Waals surface area contributed by atoms with Gasteiger partial charge in [0.1, 0.15) is 10.7 Å². The fraction of sp³-hybridized carbons (Fsp3) is 0.214. The van der Waals surface area contributed by atoms with E-state index in [9.17, 15) is 8.42 Å². The van der Waals surface area contributed by atoms with Crippen LogP contribution < -0.4 is 16.0 Å². The molecular formula is C14H18N4O2S. The molecule has 4 N–H and O–H groups in total. The van der Waals surface area contributed by atoms with E-state index in [1.54, 1.807) is 0 Å². The third kappa shape index (κ3) is 4.52. The van der Waals surface area contributed by atoms with Crippen LogP contribution in [-0.4, -0.2) is 19.9 Å². The van der Waals surface area contributed by atoms with Gasteiger partial charge in [-0.2, -0.15) is 0 Å². The number of pyridine rings is 1. The topological polar surface area (TPSA) is 97.1 Å². The Bertz CT molecular complexity index is 657. The van der Waals surface area contributed by atoms with Crippen LogP contribution in [0.2, 0.25) is 0 Å². The maximum atomic E-state index is 12.0. The Hall–Kier alpha value is -1.96. The van der Waals surface area contributed by atoms with E-state index >= 15 is 0 Å². The number of hydrogen-bond donors (Lipinski definition) is 3. The van der Waals surface area contributed by atoms with Gasteiger partial charge in [0.05, 0.1) is 0 Å². The minimum absolute atomic E-state index is 0.126. The van der Waals surface area contributed by atoms with Gasteiger partial charge in [0.25, 0.3) is 0 Å². The Balaban J connectivity index is 1.86. The van der Waals surface area contributed by atoms with Crippen molar-refractivity contribution in [2.75, 3.05) is 12.0 Å². The Labute approximate surface area is 124 Å². The first-order valence-electron chi connectivity index (χ1n) is 6.58. The van der Waals surface area contributed by atoms with Crippen molar-refractivity contribution in [3.63, 3.8) is 0 Å². The van der Waals surface area contributed by atoms with Crippen molar-refractivity contribution in [1.82, 2.24) is 9.71 Å². The minimum atomic E-state index is -3.52. The van der Waals surface area contributed by atoms with E-state index in [2.05, 4.69) is 15.1 Å². The van der Waals surface area contributed by atoms with E-state index in [1.807, 2.05) is 30.3 Å². The molecule has 0 spiro atoms. The molecule has 0 fully saturated rings. The van der Waals surface area contributed by atoms with E-state index in [1.165, 1.54) is 23.9 Å². The quantitative estimate of drug-likeness (QED) is 0.407. The number of nitrogen functional groups attached to an aromatic ring is 1. The standard InChI is InChI=1S/C14H18N4O2S/c15-18-14-9-8-13(11-16-14)21(19,20)17-10-4-7-12-5-2-1-3-6-12/h1-3,5-6,8-9,11,17H,4,7,10,15H2,(H,16,18). The highest BCUT2D eigenvalue weighted by molar-refractivity contribution is 7.89. The smallest absolute Gasteiger partial charge is 0.242 e. The van der Waals surface area contributed by atoms with Crippen molar-refractivity contribution in [3.8, 4) is 0 Å². The minimum Gasteiger partial charge on any atom is -0.308 e. The van der Waals surface area contributed by atoms with Crippen LogP contribution in [0.4, 0.5) is 5.82 Å². The number of nitrogens with two attached hydrogens (primary N) is 1. The zero-order valence-corrected chi connectivity index (χ0v) is 12.3. The third-order valence-electron chi connectivity index (χ3n) is 2.97. The van der Waals surface area contributed by atoms with Gasteiger partial charge in [0.2, 0.25) is 10.0 Å². The second kappa shape index (κ2) is 7.16. The molecule has 0 aliphatic carbocycles. The number of aromatic nitrogens is 1. The largest absolute Gasteiger partial charge is 0.308 e. The monoisotopic (exact) mass is 306 g/mol. The van der Waals surface area contributed by atoms with Gasteiger partial charge in [-0.05, 0) is 30.5 Å². The van der Waals surface area contributed by atoms with E-state index in [0.717, 1.165) is 12.8 Å². The number of rotatable bonds is 7. The van der Waals surface area contributed by atoms with Crippen molar-refractivity contribution < 1.29 is 8.42 Å². The molecule has 1 heterocycles. The lowest BCUT2D eigenvalue weighted by atomic mass is 10.1. The molecule has 6 nitrogen and oxygen atoms in total. The molecule has 112 valence electrons. The van der Waals surface area contributed by atoms with Crippen LogP contribution in [-0.2, 0) is 16.4 Å². The van der Waals surface area contributed by atoms with Crippen molar-refractivity contribution in [1.29, 1.82) is 0 Å². The summed E-state index contributed by atoms with van der Waals surface area (Å²) in [5, 5.41) is 0. The van der Waals surface area contributed by atoms with E-state index in [0.29, 0.717) is 12.4 Å². The Kier molecular flexibility index (Phi) is 5.26. The highest BCUT2D eigenvalue weighted by Gasteiger charge is 2.13. The molecule has 2 aromatic rings. The highest BCUT2D eigenvalue weighted by Crippen LogP contribution is 2.10. The number of hydrazine groups is 1. The summed E-state index contributed by atoms with van der Waals surface area (Å²) in [4.78, 5) is 4.01. The molecule has 2 rings (SSSR count). The lowest BCUT2D eigenvalue weighted by Gasteiger charge is -2.07. The van der Waals surface area contributed by atoms with Gasteiger partial charge >= 0.3 is 0 Å². The highest BCUT2D eigenvalue weighted by atomic mass is 32.2. The Morgan fingerprint density at radius 3 is 2.48 bits per heavy atom. The molecule has 0 aliphatic rings. The summed E-state index contributed by atoms with van der Waals surface area (Å²) in [6.45, 7) is 0.383. The second-order valence-electron chi connectivity index (χ2n) is 4.51. The summed E-state index contributed by atoms with van der Waals surface area (Å²) in [6, 6.07) is 12.9. The first-order valence-corrected chi connectivity index (χ1v) is 8.06. The lowest BCUT2D eigenvalue weighted by molar-refractivity contribution is 0.578. The average molecular weight is 306 g/mol. The summed E-state index contributed by atoms with van der Waals surface area (Å²) in [5.41, 5.74) is 3.54. The molecule has 0 saturated carbocycles. The molecule has 0 aliphatic heterocycles. The Morgan fingerprint density at radius 2 is 1.86 bits per heavy atom. The van der Waals surface area contributed by atoms with Gasteiger partial charge in [-0.1, -0.05) is 30.3 Å². The average Bonchev–Trinajstić information content (AvgIpc) is 2.53. The number of benzene rings is 1. The van der Waals surface area contributed by atoms with Crippen molar-refractivity contribution in [2.45, 2.75) is 17.7 Å². The van der Waals surface area contributed by atoms with Gasteiger partial charge < -0.3 is 5.43 Å². The predicted octanol–water partition coefficient (Wildman–Crippen LogP) is 1.28. The van der Waals surface area contributed by atoms with Gasteiger partial charge in [0.15, 0.2) is 0 Å². The second-order valence-corrected chi connectivity index (χ2v) is 6.28. The van der Waals surface area contributed by atoms with Crippen molar-refractivity contribution in [2.24, 2.45) is 5.84 Å². The number of aryl methyl sites for hydroxylation is 1. The predicted molar refractivity (Wildman–Crippen MR) is 82.0 cm³/mol. The van der Waals surface area contributed by atoms with Crippen LogP contribution in [0.1, 0.15) is 12.0 Å². The van der Waals surface area contributed by atoms with Crippen molar-refractivity contribution in [3.05, 3.63) is 54.2 Å². The third-order valence-corrected chi connectivity index (χ3v) is 4.42. The SMILES string of the molecule is NNc1ccc(S(=O)(=O)NCCCc2ccccc2)cn1. The van der Waals surface area contributed by atoms with Crippen LogP contribution in [0.3, 0.4) is 0 Å². The van der Waals surface area contributed by atoms with Crippen LogP contribution in [0, 0.1) is 0 Å². The molecule has 21 heavy (non-hydrogen) atoms. The molecule has 1 aromatic heterocycles. The number of nitrogens with zero attached hydrogens (tertiary/aromatic N) is 1. The summed E-state index contributed by atoms with van der Waals surface area (Å²) in [6.07, 6.45) is 2.84. The summed E-state index contributed by atoms with van der Waals surface area (Å²) in [5.74, 6) is 5.60. The lowest BCUT2D eigenvalue weighted by Crippen LogP contribution is -2.25. The molecule has 0 unspecified atom stereocenters. The zero-order chi connectivity index (χ0) is 15.1. The fourth-order valence-electron chi connectivity index (χ4n) is 1.85. The van der Waals surface area contributed by atoms with Gasteiger partial charge in [-0.15, -0.1) is 0 Å². The molecule has 0 bridgehead atoms. The van der Waals surface area contributed by atoms with E-state index in [4.69, 9.17) is 5.84 Å². The maximum absolute atomic E-state index is 12.0. The number of sulfonamides is 1. The zero-order valence-electron chi connectivity index (χ0n) is 11.5. The first kappa shape index (κ1) is 15.4. The van der Waals surface area contributed by atoms with Crippen molar-refractivity contribution >= 4 is 15.8 Å². The Morgan fingerprint density at radius 1 is 1.10 bits per heavy atom. The molecule has 0 atom stereocenters. The molecule has 0 saturated heterocycles. The summed E-state index contributed by atoms with van der Waals surface area (Å²) < 4.78 is 26.6. The van der Waals surface area contributed by atoms with E-state index in [-0.39, 0.29) is 4.90 Å². The van der Waals surface area contributed by atoms with Crippen LogP contribution >= 0.6 is 0 Å².